The van der Waals surface area contributed by atoms with Crippen molar-refractivity contribution < 1.29 is 8.85 Å². The van der Waals surface area contributed by atoms with E-state index in [2.05, 4.69) is 6.92 Å². The van der Waals surface area contributed by atoms with E-state index in [9.17, 15) is 0 Å². The average molecular weight is 190 g/mol. The number of unbranched alkanes of at least 4 members (excludes halogenated alkanes) is 4. The van der Waals surface area contributed by atoms with Crippen LogP contribution < -0.4 is 0 Å². The Bertz CT molecular complexity index is 84.6. The van der Waals surface area contributed by atoms with Crippen LogP contribution in [0.2, 0.25) is 6.04 Å². The maximum Gasteiger partial charge on any atom is 0.320 e. The molecule has 12 heavy (non-hydrogen) atoms. The molecule has 2 nitrogen and oxygen atoms in total. The standard InChI is InChI=1S/C9H22O2Si/c1-4-5-6-7-8-9-12(10-2)11-3/h12H,4-9H2,1-3H3. The lowest BCUT2D eigenvalue weighted by Crippen LogP contribution is -2.18. The lowest BCUT2D eigenvalue weighted by atomic mass is 10.2. The van der Waals surface area contributed by atoms with E-state index >= 15 is 0 Å². The molecule has 0 aliphatic carbocycles. The fourth-order valence-corrected chi connectivity index (χ4v) is 2.53. The summed E-state index contributed by atoms with van der Waals surface area (Å²) in [6.07, 6.45) is 6.66. The maximum absolute atomic E-state index is 5.22. The molecule has 0 aliphatic heterocycles. The first kappa shape index (κ1) is 12.1. The molecule has 0 amide bonds. The first-order valence-electron chi connectivity index (χ1n) is 4.90. The van der Waals surface area contributed by atoms with Gasteiger partial charge in [0.2, 0.25) is 0 Å². The molecule has 0 fully saturated rings. The highest BCUT2D eigenvalue weighted by molar-refractivity contribution is 6.44. The molecule has 0 aromatic heterocycles. The molecular weight excluding hydrogens is 168 g/mol. The van der Waals surface area contributed by atoms with Crippen molar-refractivity contribution in [1.29, 1.82) is 0 Å². The predicted molar refractivity (Wildman–Crippen MR) is 54.7 cm³/mol. The average Bonchev–Trinajstić information content (AvgIpc) is 2.11. The van der Waals surface area contributed by atoms with Crippen LogP contribution in [0.3, 0.4) is 0 Å². The molecule has 0 heterocycles. The van der Waals surface area contributed by atoms with Crippen molar-refractivity contribution in [3.05, 3.63) is 0 Å². The lowest BCUT2D eigenvalue weighted by Gasteiger charge is -2.09. The van der Waals surface area contributed by atoms with E-state index in [4.69, 9.17) is 8.85 Å². The minimum atomic E-state index is -1.24. The second-order valence-electron chi connectivity index (χ2n) is 3.10. The molecule has 0 bridgehead atoms. The van der Waals surface area contributed by atoms with Crippen LogP contribution >= 0.6 is 0 Å². The summed E-state index contributed by atoms with van der Waals surface area (Å²) < 4.78 is 10.4. The molecule has 3 heteroatoms. The molecule has 0 unspecified atom stereocenters. The third kappa shape index (κ3) is 6.82. The summed E-state index contributed by atoms with van der Waals surface area (Å²) in [5, 5.41) is 0. The van der Waals surface area contributed by atoms with Gasteiger partial charge >= 0.3 is 9.28 Å². The molecular formula is C9H22O2Si. The fraction of sp³-hybridized carbons (Fsp3) is 1.00. The van der Waals surface area contributed by atoms with E-state index in [1.165, 1.54) is 32.1 Å². The van der Waals surface area contributed by atoms with Crippen molar-refractivity contribution in [1.82, 2.24) is 0 Å². The van der Waals surface area contributed by atoms with Crippen LogP contribution in [0.15, 0.2) is 0 Å². The summed E-state index contributed by atoms with van der Waals surface area (Å²) in [6, 6.07) is 1.16. The first-order chi connectivity index (χ1) is 5.85. The van der Waals surface area contributed by atoms with Crippen molar-refractivity contribution >= 4 is 9.28 Å². The predicted octanol–water partition coefficient (Wildman–Crippen LogP) is 2.47. The van der Waals surface area contributed by atoms with Crippen LogP contribution in [-0.2, 0) is 8.85 Å². The van der Waals surface area contributed by atoms with E-state index in [1.807, 2.05) is 0 Å². The molecule has 0 aromatic rings. The summed E-state index contributed by atoms with van der Waals surface area (Å²) in [7, 11) is 2.27. The summed E-state index contributed by atoms with van der Waals surface area (Å²) >= 11 is 0. The summed E-state index contributed by atoms with van der Waals surface area (Å²) in [4.78, 5) is 0. The largest absolute Gasteiger partial charge is 0.400 e. The summed E-state index contributed by atoms with van der Waals surface area (Å²) in [5.74, 6) is 0. The minimum Gasteiger partial charge on any atom is -0.400 e. The van der Waals surface area contributed by atoms with Gasteiger partial charge in [0.1, 0.15) is 0 Å². The van der Waals surface area contributed by atoms with Gasteiger partial charge in [-0.25, -0.2) is 0 Å². The Hall–Kier alpha value is 0.137. The third-order valence-electron chi connectivity index (χ3n) is 2.07. The van der Waals surface area contributed by atoms with Gasteiger partial charge in [-0.05, 0) is 6.04 Å². The van der Waals surface area contributed by atoms with E-state index in [0.717, 1.165) is 6.04 Å². The van der Waals surface area contributed by atoms with Gasteiger partial charge in [0, 0.05) is 14.2 Å². The zero-order chi connectivity index (χ0) is 9.23. The van der Waals surface area contributed by atoms with Gasteiger partial charge in [-0.2, -0.15) is 0 Å². The van der Waals surface area contributed by atoms with Gasteiger partial charge < -0.3 is 8.85 Å². The molecule has 0 spiro atoms. The number of rotatable bonds is 8. The second kappa shape index (κ2) is 9.23. The monoisotopic (exact) mass is 190 g/mol. The smallest absolute Gasteiger partial charge is 0.320 e. The summed E-state index contributed by atoms with van der Waals surface area (Å²) in [5.41, 5.74) is 0. The van der Waals surface area contributed by atoms with Gasteiger partial charge in [0.15, 0.2) is 0 Å². The van der Waals surface area contributed by atoms with E-state index in [1.54, 1.807) is 14.2 Å². The Morgan fingerprint density at radius 3 is 2.00 bits per heavy atom. The molecule has 0 aliphatic rings. The van der Waals surface area contributed by atoms with Gasteiger partial charge in [0.05, 0.1) is 0 Å². The molecule has 0 saturated heterocycles. The van der Waals surface area contributed by atoms with Crippen LogP contribution in [0, 0.1) is 0 Å². The highest BCUT2D eigenvalue weighted by Gasteiger charge is 2.07. The number of hydrogen-bond acceptors (Lipinski definition) is 2. The van der Waals surface area contributed by atoms with Crippen molar-refractivity contribution in [3.63, 3.8) is 0 Å². The SMILES string of the molecule is CCCCCCC[SiH](OC)OC. The van der Waals surface area contributed by atoms with Crippen LogP contribution in [0.25, 0.3) is 0 Å². The van der Waals surface area contributed by atoms with Crippen LogP contribution in [0.1, 0.15) is 39.0 Å². The molecule has 0 rings (SSSR count). The normalized spacial score (nSPS) is 11.0. The van der Waals surface area contributed by atoms with E-state index < -0.39 is 9.28 Å². The van der Waals surface area contributed by atoms with Gasteiger partial charge in [-0.1, -0.05) is 39.0 Å². The Morgan fingerprint density at radius 1 is 0.917 bits per heavy atom. The molecule has 0 aromatic carbocycles. The van der Waals surface area contributed by atoms with E-state index in [0.29, 0.717) is 0 Å². The molecule has 0 atom stereocenters. The number of hydrogen-bond donors (Lipinski definition) is 0. The topological polar surface area (TPSA) is 18.5 Å². The second-order valence-corrected chi connectivity index (χ2v) is 5.48. The molecule has 74 valence electrons. The van der Waals surface area contributed by atoms with Crippen molar-refractivity contribution in [2.45, 2.75) is 45.1 Å². The van der Waals surface area contributed by atoms with E-state index in [-0.39, 0.29) is 0 Å². The molecule has 0 saturated carbocycles. The quantitative estimate of drug-likeness (QED) is 0.432. The first-order valence-corrected chi connectivity index (χ1v) is 6.66. The van der Waals surface area contributed by atoms with Crippen molar-refractivity contribution in [2.75, 3.05) is 14.2 Å². The zero-order valence-electron chi connectivity index (χ0n) is 8.64. The Labute approximate surface area is 78.1 Å². The third-order valence-corrected chi connectivity index (χ3v) is 4.00. The van der Waals surface area contributed by atoms with Crippen molar-refractivity contribution in [3.8, 4) is 0 Å². The highest BCUT2D eigenvalue weighted by atomic mass is 28.3. The Balaban J connectivity index is 3.06. The van der Waals surface area contributed by atoms with Crippen molar-refractivity contribution in [2.24, 2.45) is 0 Å². The lowest BCUT2D eigenvalue weighted by molar-refractivity contribution is 0.276. The molecule has 0 N–H and O–H groups in total. The fourth-order valence-electron chi connectivity index (χ4n) is 1.25. The zero-order valence-corrected chi connectivity index (χ0v) is 9.79. The Morgan fingerprint density at radius 2 is 1.50 bits per heavy atom. The van der Waals surface area contributed by atoms with Crippen LogP contribution in [-0.4, -0.2) is 23.5 Å². The van der Waals surface area contributed by atoms with Crippen LogP contribution in [0.4, 0.5) is 0 Å². The van der Waals surface area contributed by atoms with Gasteiger partial charge in [-0.3, -0.25) is 0 Å². The van der Waals surface area contributed by atoms with Gasteiger partial charge in [-0.15, -0.1) is 0 Å². The van der Waals surface area contributed by atoms with Crippen LogP contribution in [0.5, 0.6) is 0 Å². The Kier molecular flexibility index (Phi) is 9.33. The maximum atomic E-state index is 5.22. The highest BCUT2D eigenvalue weighted by Crippen LogP contribution is 2.07. The molecule has 0 radical (unpaired) electrons. The minimum absolute atomic E-state index is 1.16. The van der Waals surface area contributed by atoms with Gasteiger partial charge in [0.25, 0.3) is 0 Å². The summed E-state index contributed by atoms with van der Waals surface area (Å²) in [6.45, 7) is 2.24.